The quantitative estimate of drug-likeness (QED) is 0.726. The second-order valence-electron chi connectivity index (χ2n) is 2.48. The van der Waals surface area contributed by atoms with E-state index in [9.17, 15) is 0 Å². The minimum absolute atomic E-state index is 1.12. The van der Waals surface area contributed by atoms with E-state index in [1.54, 1.807) is 3.71 Å². The highest BCUT2D eigenvalue weighted by atomic mass is 79.9. The van der Waals surface area contributed by atoms with Crippen LogP contribution in [0, 0.1) is 0 Å². The van der Waals surface area contributed by atoms with E-state index in [-0.39, 0.29) is 0 Å². The Kier molecular flexibility index (Phi) is 1.96. The Morgan fingerprint density at radius 3 is 2.42 bits per heavy atom. The number of benzene rings is 1. The smallest absolute Gasteiger partial charge is 0.0743 e. The molecule has 0 aliphatic carbocycles. The summed E-state index contributed by atoms with van der Waals surface area (Å²) in [5, 5.41) is 4.03. The van der Waals surface area contributed by atoms with Gasteiger partial charge in [-0.25, -0.2) is 3.71 Å². The predicted molar refractivity (Wildman–Crippen MR) is 52.0 cm³/mol. The van der Waals surface area contributed by atoms with E-state index in [4.69, 9.17) is 0 Å². The molecule has 0 N–H and O–H groups in total. The Labute approximate surface area is 79.2 Å². The van der Waals surface area contributed by atoms with Gasteiger partial charge in [0, 0.05) is 11.8 Å². The van der Waals surface area contributed by atoms with Gasteiger partial charge in [-0.2, -0.15) is 5.10 Å². The van der Waals surface area contributed by atoms with Crippen molar-refractivity contribution in [2.24, 2.45) is 0 Å². The van der Waals surface area contributed by atoms with E-state index in [2.05, 4.69) is 33.4 Å². The molecule has 0 radical (unpaired) electrons. The summed E-state index contributed by atoms with van der Waals surface area (Å²) in [4.78, 5) is 0. The van der Waals surface area contributed by atoms with Crippen molar-refractivity contribution >= 4 is 16.1 Å². The molecule has 0 unspecified atom stereocenters. The molecular weight excluding hydrogens is 216 g/mol. The molecule has 1 aromatic carbocycles. The Morgan fingerprint density at radius 1 is 1.08 bits per heavy atom. The maximum absolute atomic E-state index is 4.03. The third-order valence-corrected chi connectivity index (χ3v) is 2.05. The van der Waals surface area contributed by atoms with E-state index >= 15 is 0 Å². The van der Waals surface area contributed by atoms with Crippen molar-refractivity contribution in [1.82, 2.24) is 8.81 Å². The second kappa shape index (κ2) is 3.11. The molecule has 0 amide bonds. The van der Waals surface area contributed by atoms with Gasteiger partial charge >= 0.3 is 0 Å². The summed E-state index contributed by atoms with van der Waals surface area (Å²) in [6, 6.07) is 10.2. The summed E-state index contributed by atoms with van der Waals surface area (Å²) in [7, 11) is 0. The highest BCUT2D eigenvalue weighted by Gasteiger charge is 1.97. The number of halogens is 1. The maximum Gasteiger partial charge on any atom is 0.0743 e. The topological polar surface area (TPSA) is 17.8 Å². The molecule has 1 heterocycles. The fourth-order valence-electron chi connectivity index (χ4n) is 1.08. The molecule has 0 saturated carbocycles. The molecule has 12 heavy (non-hydrogen) atoms. The fraction of sp³-hybridized carbons (Fsp3) is 0. The summed E-state index contributed by atoms with van der Waals surface area (Å²) in [5.41, 5.74) is 2.30. The molecule has 2 rings (SSSR count). The van der Waals surface area contributed by atoms with Crippen LogP contribution in [0.5, 0.6) is 0 Å². The van der Waals surface area contributed by atoms with Crippen molar-refractivity contribution in [1.29, 1.82) is 0 Å². The lowest BCUT2D eigenvalue weighted by Crippen LogP contribution is -1.73. The van der Waals surface area contributed by atoms with Gasteiger partial charge in [-0.1, -0.05) is 30.3 Å². The third kappa shape index (κ3) is 1.41. The maximum atomic E-state index is 4.03. The van der Waals surface area contributed by atoms with Gasteiger partial charge in [0.1, 0.15) is 0 Å². The zero-order valence-corrected chi connectivity index (χ0v) is 7.90. The van der Waals surface area contributed by atoms with Crippen molar-refractivity contribution in [3.05, 3.63) is 42.7 Å². The summed E-state index contributed by atoms with van der Waals surface area (Å²) < 4.78 is 1.62. The number of nitrogens with zero attached hydrogens (tertiary/aromatic N) is 2. The zero-order valence-electron chi connectivity index (χ0n) is 6.31. The predicted octanol–water partition coefficient (Wildman–Crippen LogP) is 2.71. The molecule has 3 heteroatoms. The molecule has 1 aromatic heterocycles. The SMILES string of the molecule is Brn1cc(-c2ccccc2)cn1. The van der Waals surface area contributed by atoms with Crippen LogP contribution in [0.25, 0.3) is 11.1 Å². The first kappa shape index (κ1) is 7.55. The average molecular weight is 223 g/mol. The first-order chi connectivity index (χ1) is 5.86. The molecule has 0 saturated heterocycles. The highest BCUT2D eigenvalue weighted by molar-refractivity contribution is 9.08. The highest BCUT2D eigenvalue weighted by Crippen LogP contribution is 2.17. The van der Waals surface area contributed by atoms with Crippen LogP contribution < -0.4 is 0 Å². The van der Waals surface area contributed by atoms with Crippen molar-refractivity contribution in [3.8, 4) is 11.1 Å². The second-order valence-corrected chi connectivity index (χ2v) is 3.21. The number of hydrogen-bond acceptors (Lipinski definition) is 1. The van der Waals surface area contributed by atoms with E-state index in [1.165, 1.54) is 5.56 Å². The van der Waals surface area contributed by atoms with Crippen LogP contribution in [0.4, 0.5) is 0 Å². The molecule has 0 spiro atoms. The zero-order chi connectivity index (χ0) is 8.39. The van der Waals surface area contributed by atoms with E-state index in [0.29, 0.717) is 0 Å². The molecule has 0 fully saturated rings. The van der Waals surface area contributed by atoms with Crippen LogP contribution in [0.3, 0.4) is 0 Å². The van der Waals surface area contributed by atoms with Crippen molar-refractivity contribution in [2.75, 3.05) is 0 Å². The largest absolute Gasteiger partial charge is 0.204 e. The lowest BCUT2D eigenvalue weighted by molar-refractivity contribution is 1.03. The van der Waals surface area contributed by atoms with Crippen LogP contribution in [-0.4, -0.2) is 8.81 Å². The van der Waals surface area contributed by atoms with Gasteiger partial charge in [-0.3, -0.25) is 0 Å². The summed E-state index contributed by atoms with van der Waals surface area (Å²) in [5.74, 6) is 0. The van der Waals surface area contributed by atoms with Gasteiger partial charge in [0.2, 0.25) is 0 Å². The van der Waals surface area contributed by atoms with Crippen molar-refractivity contribution in [3.63, 3.8) is 0 Å². The van der Waals surface area contributed by atoms with E-state index in [1.807, 2.05) is 30.6 Å². The van der Waals surface area contributed by atoms with Gasteiger partial charge in [0.15, 0.2) is 0 Å². The van der Waals surface area contributed by atoms with Gasteiger partial charge < -0.3 is 0 Å². The summed E-state index contributed by atoms with van der Waals surface area (Å²) in [6.45, 7) is 0. The Bertz CT molecular complexity index is 367. The first-order valence-corrected chi connectivity index (χ1v) is 4.33. The minimum atomic E-state index is 1.12. The first-order valence-electron chi connectivity index (χ1n) is 3.62. The normalized spacial score (nSPS) is 10.1. The summed E-state index contributed by atoms with van der Waals surface area (Å²) >= 11 is 3.23. The lowest BCUT2D eigenvalue weighted by atomic mass is 10.1. The van der Waals surface area contributed by atoms with E-state index < -0.39 is 0 Å². The van der Waals surface area contributed by atoms with Crippen LogP contribution in [0.15, 0.2) is 42.7 Å². The molecule has 2 nitrogen and oxygen atoms in total. The molecule has 60 valence electrons. The van der Waals surface area contributed by atoms with Gasteiger partial charge in [-0.05, 0) is 5.56 Å². The van der Waals surface area contributed by atoms with Crippen LogP contribution in [-0.2, 0) is 0 Å². The number of aromatic nitrogens is 2. The lowest BCUT2D eigenvalue weighted by Gasteiger charge is -1.92. The average Bonchev–Trinajstić information content (AvgIpc) is 2.54. The fourth-order valence-corrected chi connectivity index (χ4v) is 1.39. The number of rotatable bonds is 1. The van der Waals surface area contributed by atoms with Crippen molar-refractivity contribution < 1.29 is 0 Å². The standard InChI is InChI=1S/C9H7BrN2/c10-12-7-9(6-11-12)8-4-2-1-3-5-8/h1-7H. The molecule has 0 aliphatic rings. The number of hydrogen-bond donors (Lipinski definition) is 0. The van der Waals surface area contributed by atoms with Crippen LogP contribution >= 0.6 is 16.1 Å². The Hall–Kier alpha value is -1.09. The minimum Gasteiger partial charge on any atom is -0.204 e. The summed E-state index contributed by atoms with van der Waals surface area (Å²) in [6.07, 6.45) is 3.75. The van der Waals surface area contributed by atoms with E-state index in [0.717, 1.165) is 5.56 Å². The van der Waals surface area contributed by atoms with Gasteiger partial charge in [0.05, 0.1) is 22.3 Å². The van der Waals surface area contributed by atoms with Crippen LogP contribution in [0.1, 0.15) is 0 Å². The molecule has 0 bridgehead atoms. The van der Waals surface area contributed by atoms with Gasteiger partial charge in [-0.15, -0.1) is 0 Å². The van der Waals surface area contributed by atoms with Gasteiger partial charge in [0.25, 0.3) is 0 Å². The van der Waals surface area contributed by atoms with Crippen LogP contribution in [0.2, 0.25) is 0 Å². The Morgan fingerprint density at radius 2 is 1.83 bits per heavy atom. The molecule has 2 aromatic rings. The Balaban J connectivity index is 2.45. The molecule has 0 atom stereocenters. The molecule has 0 aliphatic heterocycles. The monoisotopic (exact) mass is 222 g/mol. The van der Waals surface area contributed by atoms with Crippen molar-refractivity contribution in [2.45, 2.75) is 0 Å². The third-order valence-electron chi connectivity index (χ3n) is 1.66. The molecular formula is C9H7BrN2.